The third-order valence-corrected chi connectivity index (χ3v) is 0. The Hall–Kier alpha value is 0.0500. The molecule has 0 aromatic heterocycles. The van der Waals surface area contributed by atoms with Gasteiger partial charge in [-0.15, -0.1) is 0 Å². The third kappa shape index (κ3) is 904. The summed E-state index contributed by atoms with van der Waals surface area (Å²) in [6, 6.07) is 0. The standard InChI is InChI=1S/CH5N.CH2S/c2*1-2/h2H2,1H3;1H2. The number of rotatable bonds is 0. The number of thiocarbonyl (C=S) groups is 1. The van der Waals surface area contributed by atoms with Crippen molar-refractivity contribution in [3.05, 3.63) is 0 Å². The van der Waals surface area contributed by atoms with Crippen LogP contribution < -0.4 is 5.73 Å². The molecule has 0 aliphatic carbocycles. The molecule has 0 amide bonds. The van der Waals surface area contributed by atoms with Crippen LogP contribution in [0.1, 0.15) is 0 Å². The van der Waals surface area contributed by atoms with E-state index in [0.717, 1.165) is 0 Å². The van der Waals surface area contributed by atoms with Crippen LogP contribution in [0.15, 0.2) is 0 Å². The summed E-state index contributed by atoms with van der Waals surface area (Å²) in [5.41, 5.74) is 4.50. The molecule has 4 heavy (non-hydrogen) atoms. The Morgan fingerprint density at radius 2 is 1.50 bits per heavy atom. The summed E-state index contributed by atoms with van der Waals surface area (Å²) in [6.07, 6.45) is 0. The van der Waals surface area contributed by atoms with Crippen LogP contribution in [0.5, 0.6) is 0 Å². The first-order valence-corrected chi connectivity index (χ1v) is 1.44. The molecule has 2 heteroatoms. The van der Waals surface area contributed by atoms with Gasteiger partial charge in [0.05, 0.1) is 0 Å². The fourth-order valence-corrected chi connectivity index (χ4v) is 0. The summed E-state index contributed by atoms with van der Waals surface area (Å²) < 4.78 is 0. The van der Waals surface area contributed by atoms with Gasteiger partial charge < -0.3 is 5.73 Å². The molecule has 0 radical (unpaired) electrons. The van der Waals surface area contributed by atoms with E-state index in [9.17, 15) is 0 Å². The van der Waals surface area contributed by atoms with Gasteiger partial charge >= 0.3 is 0 Å². The predicted octanol–water partition coefficient (Wildman–Crippen LogP) is 0.191. The number of nitrogens with two attached hydrogens (primary N) is 1. The molecule has 26 valence electrons. The van der Waals surface area contributed by atoms with Gasteiger partial charge in [0.1, 0.15) is 0 Å². The molecule has 0 saturated carbocycles. The molecule has 0 fully saturated rings. The SMILES string of the molecule is C=S.CN. The summed E-state index contributed by atoms with van der Waals surface area (Å²) in [5.74, 6) is 2.83. The normalized spacial score (nSPS) is 2.50. The lowest BCUT2D eigenvalue weighted by atomic mass is 11.6. The summed E-state index contributed by atoms with van der Waals surface area (Å²) in [7, 11) is 1.50. The third-order valence-electron chi connectivity index (χ3n) is 0. The predicted molar refractivity (Wildman–Crippen MR) is 24.8 cm³/mol. The van der Waals surface area contributed by atoms with Crippen molar-refractivity contribution in [1.29, 1.82) is 0 Å². The molecule has 0 unspecified atom stereocenters. The fraction of sp³-hybridized carbons (Fsp3) is 0.500. The van der Waals surface area contributed by atoms with E-state index in [1.807, 2.05) is 0 Å². The van der Waals surface area contributed by atoms with Gasteiger partial charge in [0.25, 0.3) is 0 Å². The fourth-order valence-electron chi connectivity index (χ4n) is 0. The minimum atomic E-state index is 1.50. The Bertz CT molecular complexity index is 6.00. The van der Waals surface area contributed by atoms with E-state index in [-0.39, 0.29) is 0 Å². The molecule has 2 N–H and O–H groups in total. The topological polar surface area (TPSA) is 26.0 Å². The summed E-state index contributed by atoms with van der Waals surface area (Å²) in [5, 5.41) is 0. The van der Waals surface area contributed by atoms with Crippen LogP contribution in [-0.2, 0) is 0 Å². The van der Waals surface area contributed by atoms with E-state index in [1.54, 1.807) is 0 Å². The quantitative estimate of drug-likeness (QED) is 0.418. The molecule has 0 aliphatic rings. The van der Waals surface area contributed by atoms with Gasteiger partial charge in [0, 0.05) is 0 Å². The Kier molecular flexibility index (Phi) is 11500. The second-order valence-corrected chi connectivity index (χ2v) is 0. The van der Waals surface area contributed by atoms with E-state index in [0.29, 0.717) is 0 Å². The van der Waals surface area contributed by atoms with Gasteiger partial charge in [0.2, 0.25) is 0 Å². The largest absolute Gasteiger partial charge is 0.333 e. The highest BCUT2D eigenvalue weighted by atomic mass is 32.1. The van der Waals surface area contributed by atoms with Crippen LogP contribution in [-0.4, -0.2) is 12.9 Å². The van der Waals surface area contributed by atoms with Crippen LogP contribution in [0, 0.1) is 0 Å². The van der Waals surface area contributed by atoms with Crippen molar-refractivity contribution < 1.29 is 0 Å². The van der Waals surface area contributed by atoms with Gasteiger partial charge in [-0.05, 0) is 12.9 Å². The van der Waals surface area contributed by atoms with Gasteiger partial charge in [0.15, 0.2) is 0 Å². The zero-order chi connectivity index (χ0) is 4.00. The summed E-state index contributed by atoms with van der Waals surface area (Å²) in [6.45, 7) is 0. The minimum Gasteiger partial charge on any atom is -0.333 e. The van der Waals surface area contributed by atoms with Crippen molar-refractivity contribution in [1.82, 2.24) is 0 Å². The maximum Gasteiger partial charge on any atom is -0.0195 e. The average molecular weight is 77.2 g/mol. The molecule has 0 aromatic rings. The lowest BCUT2D eigenvalue weighted by molar-refractivity contribution is 1.48. The lowest BCUT2D eigenvalue weighted by Gasteiger charge is -1.19. The van der Waals surface area contributed by atoms with Crippen molar-refractivity contribution in [2.24, 2.45) is 5.73 Å². The Morgan fingerprint density at radius 3 is 1.50 bits per heavy atom. The Labute approximate surface area is 31.8 Å². The first-order valence-electron chi connectivity index (χ1n) is 0.866. The van der Waals surface area contributed by atoms with Crippen molar-refractivity contribution in [2.45, 2.75) is 0 Å². The van der Waals surface area contributed by atoms with Gasteiger partial charge in [-0.25, -0.2) is 0 Å². The van der Waals surface area contributed by atoms with Gasteiger partial charge in [-0.3, -0.25) is 0 Å². The molecule has 1 nitrogen and oxygen atoms in total. The average Bonchev–Trinajstić information content (AvgIpc) is 1.50. The van der Waals surface area contributed by atoms with E-state index in [2.05, 4.69) is 23.8 Å². The van der Waals surface area contributed by atoms with Crippen LogP contribution in [0.4, 0.5) is 0 Å². The van der Waals surface area contributed by atoms with E-state index >= 15 is 0 Å². The highest BCUT2D eigenvalue weighted by Crippen LogP contribution is 1.03. The van der Waals surface area contributed by atoms with E-state index < -0.39 is 0 Å². The van der Waals surface area contributed by atoms with Crippen molar-refractivity contribution in [3.8, 4) is 0 Å². The molecule has 0 aromatic carbocycles. The van der Waals surface area contributed by atoms with Crippen LogP contribution in [0.3, 0.4) is 0 Å². The van der Waals surface area contributed by atoms with Crippen LogP contribution in [0.2, 0.25) is 0 Å². The molecule has 0 saturated heterocycles. The Morgan fingerprint density at radius 1 is 1.50 bits per heavy atom. The zero-order valence-corrected chi connectivity index (χ0v) is 3.51. The molecular formula is C2H7NS. The maximum atomic E-state index is 4.50. The zero-order valence-electron chi connectivity index (χ0n) is 2.69. The molecule has 0 bridgehead atoms. The second kappa shape index (κ2) is 5130. The molecule has 0 aliphatic heterocycles. The number of hydrogen-bond donors (Lipinski definition) is 1. The highest BCUT2D eigenvalue weighted by Gasteiger charge is 0.836. The molecule has 0 spiro atoms. The Balaban J connectivity index is 0. The van der Waals surface area contributed by atoms with Crippen molar-refractivity contribution in [3.63, 3.8) is 0 Å². The molecular weight excluding hydrogens is 70.1 g/mol. The highest BCUT2D eigenvalue weighted by molar-refractivity contribution is 7.77. The summed E-state index contributed by atoms with van der Waals surface area (Å²) in [4.78, 5) is 0. The molecule has 0 heterocycles. The lowest BCUT2D eigenvalue weighted by Crippen LogP contribution is -1.69. The molecule has 0 atom stereocenters. The van der Waals surface area contributed by atoms with Crippen LogP contribution in [0.25, 0.3) is 0 Å². The summed E-state index contributed by atoms with van der Waals surface area (Å²) >= 11 is 3.83. The monoisotopic (exact) mass is 77.0 g/mol. The first kappa shape index (κ1) is 8.96. The van der Waals surface area contributed by atoms with Gasteiger partial charge in [-0.2, -0.15) is 0 Å². The van der Waals surface area contributed by atoms with E-state index in [4.69, 9.17) is 0 Å². The van der Waals surface area contributed by atoms with Crippen molar-refractivity contribution in [2.75, 3.05) is 7.05 Å². The smallest absolute Gasteiger partial charge is 0.0195 e. The number of hydrogen-bond acceptors (Lipinski definition) is 2. The van der Waals surface area contributed by atoms with Gasteiger partial charge in [-0.1, -0.05) is 12.2 Å². The first-order chi connectivity index (χ1) is 2.00. The second-order valence-electron chi connectivity index (χ2n) is 0. The maximum absolute atomic E-state index is 4.50. The molecule has 0 rings (SSSR count). The van der Waals surface area contributed by atoms with E-state index in [1.165, 1.54) is 7.05 Å². The minimum absolute atomic E-state index is 1.50. The van der Waals surface area contributed by atoms with Crippen molar-refractivity contribution >= 4 is 18.1 Å². The van der Waals surface area contributed by atoms with Crippen LogP contribution >= 0.6 is 12.2 Å².